The van der Waals surface area contributed by atoms with Crippen LogP contribution in [0.5, 0.6) is 0 Å². The maximum atomic E-state index is 11.5. The first-order valence-corrected chi connectivity index (χ1v) is 12.6. The molecule has 1 saturated heterocycles. The maximum absolute atomic E-state index is 11.5. The Morgan fingerprint density at radius 2 is 1.75 bits per heavy atom. The molecule has 2 aliphatic rings. The van der Waals surface area contributed by atoms with Crippen molar-refractivity contribution in [1.29, 1.82) is 0 Å². The number of likely N-dealkylation sites (N-methyl/N-ethyl adjacent to an activating group) is 1. The number of benzene rings is 3. The summed E-state index contributed by atoms with van der Waals surface area (Å²) in [5, 5.41) is 4.40. The number of amides is 1. The molecule has 4 aromatic rings. The van der Waals surface area contributed by atoms with Gasteiger partial charge < -0.3 is 20.0 Å². The minimum atomic E-state index is 0.349. The van der Waals surface area contributed by atoms with Crippen LogP contribution >= 0.6 is 0 Å². The second kappa shape index (κ2) is 9.59. The molecular formula is C29H30N6O. The van der Waals surface area contributed by atoms with E-state index in [9.17, 15) is 4.79 Å². The monoisotopic (exact) mass is 478 g/mol. The SMILES string of the molecule is CN1CCN(c2cccc(Nc3ncc4cccc(-c5ccc(N(C=O)C6CC6)cc5)c4n3)c2)CC1. The van der Waals surface area contributed by atoms with Gasteiger partial charge in [0.1, 0.15) is 0 Å². The molecule has 0 unspecified atom stereocenters. The molecule has 1 N–H and O–H groups in total. The zero-order valence-electron chi connectivity index (χ0n) is 20.5. The average Bonchev–Trinajstić information content (AvgIpc) is 3.75. The van der Waals surface area contributed by atoms with Crippen LogP contribution in [0.3, 0.4) is 0 Å². The van der Waals surface area contributed by atoms with Gasteiger partial charge in [-0.05, 0) is 55.8 Å². The standard InChI is InChI=1S/C29H30N6O/c1-33-14-16-34(17-15-33)26-6-3-5-23(18-26)31-29-30-19-22-4-2-7-27(28(22)32-29)21-8-10-24(11-9-21)35(20-36)25-12-13-25/h2-11,18-20,25H,12-17H2,1H3,(H,30,31,32). The quantitative estimate of drug-likeness (QED) is 0.381. The lowest BCUT2D eigenvalue weighted by atomic mass is 10.0. The molecule has 6 rings (SSSR count). The number of carbonyl (C=O) groups is 1. The molecule has 2 heterocycles. The summed E-state index contributed by atoms with van der Waals surface area (Å²) in [6.45, 7) is 4.20. The first-order valence-electron chi connectivity index (χ1n) is 12.6. The van der Waals surface area contributed by atoms with E-state index in [1.807, 2.05) is 35.4 Å². The predicted octanol–water partition coefficient (Wildman–Crippen LogP) is 4.92. The number of fused-ring (bicyclic) bond motifs is 1. The zero-order valence-corrected chi connectivity index (χ0v) is 20.5. The van der Waals surface area contributed by atoms with Gasteiger partial charge in [0.05, 0.1) is 5.52 Å². The summed E-state index contributed by atoms with van der Waals surface area (Å²) in [5.74, 6) is 0.572. The van der Waals surface area contributed by atoms with Crippen LogP contribution in [0.1, 0.15) is 12.8 Å². The Bertz CT molecular complexity index is 1380. The van der Waals surface area contributed by atoms with Crippen LogP contribution < -0.4 is 15.1 Å². The molecule has 0 spiro atoms. The Morgan fingerprint density at radius 1 is 0.972 bits per heavy atom. The Labute approximate surface area is 211 Å². The van der Waals surface area contributed by atoms with Crippen molar-refractivity contribution in [2.24, 2.45) is 0 Å². The minimum absolute atomic E-state index is 0.349. The van der Waals surface area contributed by atoms with Crippen molar-refractivity contribution < 1.29 is 4.79 Å². The molecule has 0 bridgehead atoms. The van der Waals surface area contributed by atoms with E-state index < -0.39 is 0 Å². The third-order valence-corrected chi connectivity index (χ3v) is 7.11. The number of nitrogens with one attached hydrogen (secondary N) is 1. The second-order valence-electron chi connectivity index (χ2n) is 9.69. The van der Waals surface area contributed by atoms with E-state index in [-0.39, 0.29) is 0 Å². The summed E-state index contributed by atoms with van der Waals surface area (Å²) in [5.41, 5.74) is 6.13. The van der Waals surface area contributed by atoms with E-state index in [1.165, 1.54) is 5.69 Å². The summed E-state index contributed by atoms with van der Waals surface area (Å²) < 4.78 is 0. The minimum Gasteiger partial charge on any atom is -0.369 e. The summed E-state index contributed by atoms with van der Waals surface area (Å²) in [6, 6.07) is 23.1. The number of para-hydroxylation sites is 1. The molecule has 2 fully saturated rings. The fourth-order valence-electron chi connectivity index (χ4n) is 4.85. The van der Waals surface area contributed by atoms with E-state index >= 15 is 0 Å². The van der Waals surface area contributed by atoms with Gasteiger partial charge in [-0.1, -0.05) is 36.4 Å². The largest absolute Gasteiger partial charge is 0.369 e. The Kier molecular flexibility index (Phi) is 5.99. The third kappa shape index (κ3) is 4.62. The van der Waals surface area contributed by atoms with Gasteiger partial charge in [0.25, 0.3) is 0 Å². The molecule has 7 heteroatoms. The van der Waals surface area contributed by atoms with Crippen LogP contribution in [-0.2, 0) is 4.79 Å². The molecule has 7 nitrogen and oxygen atoms in total. The first-order chi connectivity index (χ1) is 17.7. The van der Waals surface area contributed by atoms with Gasteiger partial charge in [-0.15, -0.1) is 0 Å². The van der Waals surface area contributed by atoms with Crippen molar-refractivity contribution in [3.05, 3.63) is 72.9 Å². The fraction of sp³-hybridized carbons (Fsp3) is 0.276. The third-order valence-electron chi connectivity index (χ3n) is 7.11. The van der Waals surface area contributed by atoms with Gasteiger partial charge in [-0.3, -0.25) is 4.79 Å². The summed E-state index contributed by atoms with van der Waals surface area (Å²) >= 11 is 0. The van der Waals surface area contributed by atoms with Gasteiger partial charge in [0, 0.05) is 66.4 Å². The predicted molar refractivity (Wildman–Crippen MR) is 146 cm³/mol. The van der Waals surface area contributed by atoms with Crippen LogP contribution in [0.25, 0.3) is 22.0 Å². The molecule has 1 amide bonds. The van der Waals surface area contributed by atoms with Crippen molar-refractivity contribution in [2.75, 3.05) is 48.3 Å². The summed E-state index contributed by atoms with van der Waals surface area (Å²) in [6.07, 6.45) is 4.96. The number of nitrogens with zero attached hydrogens (tertiary/aromatic N) is 5. The van der Waals surface area contributed by atoms with Crippen LogP contribution in [0.15, 0.2) is 72.9 Å². The molecule has 0 atom stereocenters. The van der Waals surface area contributed by atoms with Crippen LogP contribution in [0.2, 0.25) is 0 Å². The molecule has 1 aliphatic heterocycles. The smallest absolute Gasteiger partial charge is 0.227 e. The van der Waals surface area contributed by atoms with Gasteiger partial charge in [-0.25, -0.2) is 9.97 Å². The molecular weight excluding hydrogens is 448 g/mol. The van der Waals surface area contributed by atoms with Crippen molar-refractivity contribution in [3.63, 3.8) is 0 Å². The summed E-state index contributed by atoms with van der Waals surface area (Å²) in [7, 11) is 2.17. The lowest BCUT2D eigenvalue weighted by Gasteiger charge is -2.34. The zero-order chi connectivity index (χ0) is 24.5. The number of aromatic nitrogens is 2. The highest BCUT2D eigenvalue weighted by molar-refractivity contribution is 5.94. The van der Waals surface area contributed by atoms with Crippen LogP contribution in [0.4, 0.5) is 23.0 Å². The molecule has 1 saturated carbocycles. The van der Waals surface area contributed by atoms with E-state index in [0.717, 1.165) is 78.8 Å². The fourth-order valence-corrected chi connectivity index (χ4v) is 4.85. The van der Waals surface area contributed by atoms with E-state index in [0.29, 0.717) is 12.0 Å². The van der Waals surface area contributed by atoms with E-state index in [2.05, 4.69) is 69.6 Å². The van der Waals surface area contributed by atoms with Gasteiger partial charge in [-0.2, -0.15) is 0 Å². The van der Waals surface area contributed by atoms with E-state index in [4.69, 9.17) is 4.98 Å². The van der Waals surface area contributed by atoms with E-state index in [1.54, 1.807) is 0 Å². The Balaban J connectivity index is 1.26. The number of anilines is 4. The van der Waals surface area contributed by atoms with Gasteiger partial charge in [0.15, 0.2) is 0 Å². The highest BCUT2D eigenvalue weighted by Gasteiger charge is 2.29. The molecule has 1 aliphatic carbocycles. The van der Waals surface area contributed by atoms with Gasteiger partial charge in [0.2, 0.25) is 12.4 Å². The Morgan fingerprint density at radius 3 is 2.50 bits per heavy atom. The van der Waals surface area contributed by atoms with Gasteiger partial charge >= 0.3 is 0 Å². The normalized spacial score (nSPS) is 16.2. The highest BCUT2D eigenvalue weighted by Crippen LogP contribution is 2.33. The molecule has 36 heavy (non-hydrogen) atoms. The van der Waals surface area contributed by atoms with Crippen LogP contribution in [-0.4, -0.2) is 60.5 Å². The molecule has 182 valence electrons. The number of piperazine rings is 1. The Hall–Kier alpha value is -3.97. The van der Waals surface area contributed by atoms with Crippen LogP contribution in [0, 0.1) is 0 Å². The van der Waals surface area contributed by atoms with Crippen molar-refractivity contribution in [3.8, 4) is 11.1 Å². The second-order valence-corrected chi connectivity index (χ2v) is 9.69. The number of rotatable bonds is 7. The number of hydrogen-bond acceptors (Lipinski definition) is 6. The summed E-state index contributed by atoms with van der Waals surface area (Å²) in [4.78, 5) is 27.6. The molecule has 1 aromatic heterocycles. The lowest BCUT2D eigenvalue weighted by Crippen LogP contribution is -2.44. The maximum Gasteiger partial charge on any atom is 0.227 e. The topological polar surface area (TPSA) is 64.6 Å². The average molecular weight is 479 g/mol. The number of hydrogen-bond donors (Lipinski definition) is 1. The number of carbonyl (C=O) groups excluding carboxylic acids is 1. The molecule has 3 aromatic carbocycles. The highest BCUT2D eigenvalue weighted by atomic mass is 16.1. The first kappa shape index (κ1) is 22.5. The van der Waals surface area contributed by atoms with Crippen molar-refractivity contribution in [2.45, 2.75) is 18.9 Å². The van der Waals surface area contributed by atoms with Crippen molar-refractivity contribution >= 4 is 40.3 Å². The molecule has 0 radical (unpaired) electrons. The lowest BCUT2D eigenvalue weighted by molar-refractivity contribution is -0.107. The van der Waals surface area contributed by atoms with Crippen molar-refractivity contribution in [1.82, 2.24) is 14.9 Å².